The van der Waals surface area contributed by atoms with Crippen molar-refractivity contribution in [2.75, 3.05) is 47.9 Å². The van der Waals surface area contributed by atoms with Gasteiger partial charge in [-0.3, -0.25) is 10.3 Å². The van der Waals surface area contributed by atoms with Crippen molar-refractivity contribution >= 4 is 18.5 Å². The van der Waals surface area contributed by atoms with Crippen LogP contribution in [0, 0.1) is 6.42 Å². The third kappa shape index (κ3) is 8.87. The van der Waals surface area contributed by atoms with E-state index >= 15 is 0 Å². The van der Waals surface area contributed by atoms with E-state index < -0.39 is 18.5 Å². The van der Waals surface area contributed by atoms with Crippen LogP contribution >= 0.6 is 0 Å². The van der Waals surface area contributed by atoms with Gasteiger partial charge in [0.1, 0.15) is 0 Å². The van der Waals surface area contributed by atoms with Crippen molar-refractivity contribution in [2.24, 2.45) is 0 Å². The van der Waals surface area contributed by atoms with Crippen molar-refractivity contribution in [2.45, 2.75) is 25.6 Å². The minimum Gasteiger partial charge on any atom is -0.307 e. The van der Waals surface area contributed by atoms with Gasteiger partial charge >= 0.3 is 10.4 Å². The van der Waals surface area contributed by atoms with Crippen molar-refractivity contribution in [1.82, 2.24) is 9.80 Å². The highest BCUT2D eigenvalue weighted by molar-refractivity contribution is 7.80. The quantitative estimate of drug-likeness (QED) is 0.204. The average molecular weight is 388 g/mol. The van der Waals surface area contributed by atoms with E-state index in [9.17, 15) is 8.42 Å². The topological polar surface area (TPSA) is 70.1 Å². The Labute approximate surface area is 153 Å². The maximum atomic E-state index is 10.7. The van der Waals surface area contributed by atoms with Crippen LogP contribution in [0.4, 0.5) is 0 Å². The van der Waals surface area contributed by atoms with Gasteiger partial charge in [-0.15, -0.1) is 11.1 Å². The van der Waals surface area contributed by atoms with Crippen molar-refractivity contribution in [1.29, 1.82) is 0 Å². The number of nitrogens with zero attached hydrogens (tertiary/aromatic N) is 2. The zero-order chi connectivity index (χ0) is 19.3. The lowest BCUT2D eigenvalue weighted by Crippen LogP contribution is -2.32. The third-order valence-electron chi connectivity index (χ3n) is 3.91. The van der Waals surface area contributed by atoms with Gasteiger partial charge in [-0.2, -0.15) is 26.1 Å². The number of hydrogen-bond acceptors (Lipinski definition) is 5. The second-order valence-corrected chi connectivity index (χ2v) is 13.6. The molecule has 0 amide bonds. The lowest BCUT2D eigenvalue weighted by molar-refractivity contribution is 0.268. The second-order valence-electron chi connectivity index (χ2n) is 7.63. The van der Waals surface area contributed by atoms with E-state index in [1.807, 2.05) is 28.2 Å². The summed E-state index contributed by atoms with van der Waals surface area (Å²) in [5.74, 6) is 0. The van der Waals surface area contributed by atoms with Gasteiger partial charge in [-0.25, -0.2) is 4.18 Å². The third-order valence-corrected chi connectivity index (χ3v) is 7.83. The molecule has 0 bridgehead atoms. The van der Waals surface area contributed by atoms with Gasteiger partial charge < -0.3 is 9.80 Å². The lowest BCUT2D eigenvalue weighted by atomic mass is 10.0. The zero-order valence-corrected chi connectivity index (χ0v) is 18.0. The number of allylic oxidation sites excluding steroid dienone is 1. The van der Waals surface area contributed by atoms with Crippen LogP contribution in [0.15, 0.2) is 28.1 Å². The summed E-state index contributed by atoms with van der Waals surface area (Å²) >= 11 is 0. The normalized spacial score (nSPS) is 15.8. The highest BCUT2D eigenvalue weighted by Gasteiger charge is 2.23. The predicted octanol–water partition coefficient (Wildman–Crippen LogP) is 2.16. The molecule has 0 heterocycles. The van der Waals surface area contributed by atoms with E-state index in [1.54, 1.807) is 0 Å². The van der Waals surface area contributed by atoms with Gasteiger partial charge in [0.25, 0.3) is 0 Å². The van der Waals surface area contributed by atoms with E-state index in [2.05, 4.69) is 45.3 Å². The Bertz CT molecular complexity index is 660. The number of rotatable bonds is 10. The molecule has 0 aromatic carbocycles. The maximum Gasteiger partial charge on any atom is 0.397 e. The molecule has 0 aromatic rings. The smallest absolute Gasteiger partial charge is 0.307 e. The van der Waals surface area contributed by atoms with Crippen molar-refractivity contribution in [3.63, 3.8) is 0 Å². The van der Waals surface area contributed by atoms with Crippen LogP contribution in [-0.4, -0.2) is 78.7 Å². The molecule has 1 aliphatic rings. The zero-order valence-electron chi connectivity index (χ0n) is 16.2. The molecule has 0 fully saturated rings. The van der Waals surface area contributed by atoms with Crippen molar-refractivity contribution in [3.05, 3.63) is 34.6 Å². The molecule has 8 heteroatoms. The summed E-state index contributed by atoms with van der Waals surface area (Å²) in [4.78, 5) is 4.26. The fraction of sp³-hybridized carbons (Fsp3) is 0.647. The molecule has 0 radical (unpaired) electrons. The largest absolute Gasteiger partial charge is 0.397 e. The van der Waals surface area contributed by atoms with Gasteiger partial charge in [-0.1, -0.05) is 19.1 Å². The van der Waals surface area contributed by atoms with E-state index in [0.717, 1.165) is 19.1 Å². The molecule has 0 saturated heterocycles. The molecule has 0 aliphatic heterocycles. The summed E-state index contributed by atoms with van der Waals surface area (Å²) in [7, 11) is 2.07. The first-order valence-electron chi connectivity index (χ1n) is 8.36. The van der Waals surface area contributed by atoms with E-state index in [1.165, 1.54) is 16.3 Å². The van der Waals surface area contributed by atoms with Crippen molar-refractivity contribution < 1.29 is 17.2 Å². The fourth-order valence-corrected chi connectivity index (χ4v) is 5.54. The summed E-state index contributed by atoms with van der Waals surface area (Å²) in [6, 6.07) is 0.884. The molecule has 1 aliphatic carbocycles. The maximum absolute atomic E-state index is 10.7. The molecule has 144 valence electrons. The molecule has 25 heavy (non-hydrogen) atoms. The minimum atomic E-state index is -4.35. The highest BCUT2D eigenvalue weighted by Crippen LogP contribution is 2.30. The Balaban J connectivity index is 2.84. The Kier molecular flexibility index (Phi) is 8.15. The lowest BCUT2D eigenvalue weighted by Gasteiger charge is -2.36. The van der Waals surface area contributed by atoms with Crippen LogP contribution in [0.3, 0.4) is 0 Å². The van der Waals surface area contributed by atoms with Crippen LogP contribution in [0.25, 0.3) is 0 Å². The molecule has 1 rings (SSSR count). The summed E-state index contributed by atoms with van der Waals surface area (Å²) < 4.78 is 34.4. The van der Waals surface area contributed by atoms with Gasteiger partial charge in [0, 0.05) is 13.1 Å². The molecule has 1 N–H and O–H groups in total. The fourth-order valence-electron chi connectivity index (χ4n) is 2.76. The molecular formula is C17H31N2O4SSi-. The highest BCUT2D eigenvalue weighted by atomic mass is 32.3. The first-order chi connectivity index (χ1) is 11.4. The number of hydrogen-bond donors (Lipinski definition) is 1. The molecule has 0 spiro atoms. The van der Waals surface area contributed by atoms with Crippen molar-refractivity contribution in [3.8, 4) is 0 Å². The van der Waals surface area contributed by atoms with Gasteiger partial charge in [0.05, 0.1) is 14.7 Å². The Hall–Kier alpha value is -0.863. The molecule has 0 atom stereocenters. The summed E-state index contributed by atoms with van der Waals surface area (Å²) in [6.45, 7) is 6.24. The average Bonchev–Trinajstić information content (AvgIpc) is 2.41. The number of likely N-dealkylation sites (N-methyl/N-ethyl adjacent to an activating group) is 2. The van der Waals surface area contributed by atoms with E-state index in [0.29, 0.717) is 6.42 Å². The van der Waals surface area contributed by atoms with Gasteiger partial charge in [0.2, 0.25) is 0 Å². The monoisotopic (exact) mass is 387 g/mol. The minimum absolute atomic E-state index is 0.0172. The standard InChI is InChI=1S/C17H31N2O4SSi/c1-18(2)13-15-10-16(14-19(3)4)12-17(11-15)25(5,6)9-7-8-23-24(20,21)22/h11-12H,7-9,13-14H2,1-6H3,(H,20,21,22)/q-1. The second kappa shape index (κ2) is 9.18. The Morgan fingerprint density at radius 3 is 2.32 bits per heavy atom. The summed E-state index contributed by atoms with van der Waals surface area (Å²) in [5, 5.41) is 1.34. The van der Waals surface area contributed by atoms with E-state index in [-0.39, 0.29) is 6.61 Å². The first kappa shape index (κ1) is 22.2. The Morgan fingerprint density at radius 1 is 1.20 bits per heavy atom. The van der Waals surface area contributed by atoms with Crippen LogP contribution < -0.4 is 0 Å². The van der Waals surface area contributed by atoms with Crippen LogP contribution in [0.2, 0.25) is 19.1 Å². The van der Waals surface area contributed by atoms with Crippen LogP contribution in [-0.2, 0) is 14.6 Å². The molecule has 0 aromatic heterocycles. The van der Waals surface area contributed by atoms with Crippen LogP contribution in [0.5, 0.6) is 0 Å². The van der Waals surface area contributed by atoms with Gasteiger partial charge in [-0.05, 0) is 34.6 Å². The Morgan fingerprint density at radius 2 is 1.80 bits per heavy atom. The first-order valence-corrected chi connectivity index (χ1v) is 12.9. The van der Waals surface area contributed by atoms with E-state index in [4.69, 9.17) is 4.55 Å². The van der Waals surface area contributed by atoms with Crippen LogP contribution in [0.1, 0.15) is 6.42 Å². The molecule has 0 saturated carbocycles. The summed E-state index contributed by atoms with van der Waals surface area (Å²) in [5.41, 5.74) is 5.86. The SMILES string of the molecule is CN(C)CC1=C=C(CN(C)C)[CH-]C([Si](C)(C)CCCOS(=O)(=O)O)=C1. The molecule has 6 nitrogen and oxygen atoms in total. The molecule has 0 unspecified atom stereocenters. The molecular weight excluding hydrogens is 356 g/mol. The predicted molar refractivity (Wildman–Crippen MR) is 104 cm³/mol. The van der Waals surface area contributed by atoms with Gasteiger partial charge in [0.15, 0.2) is 0 Å². The summed E-state index contributed by atoms with van der Waals surface area (Å²) in [6.07, 6.45) is 5.06.